The molecule has 100 valence electrons. The van der Waals surface area contributed by atoms with Crippen LogP contribution in [0.1, 0.15) is 34.1 Å². The minimum Gasteiger partial charge on any atom is -0.481 e. The molecule has 0 aromatic heterocycles. The molecule has 4 heteroatoms. The van der Waals surface area contributed by atoms with Gasteiger partial charge in [0.1, 0.15) is 5.75 Å². The molecule has 0 fully saturated rings. The van der Waals surface area contributed by atoms with Crippen LogP contribution in [0.3, 0.4) is 0 Å². The lowest BCUT2D eigenvalue weighted by molar-refractivity contribution is -0.128. The van der Waals surface area contributed by atoms with Crippen molar-refractivity contribution in [3.8, 4) is 5.75 Å². The van der Waals surface area contributed by atoms with Crippen molar-refractivity contribution in [3.05, 3.63) is 29.3 Å². The predicted molar refractivity (Wildman–Crippen MR) is 74.1 cm³/mol. The second-order valence-corrected chi connectivity index (χ2v) is 5.38. The highest BCUT2D eigenvalue weighted by molar-refractivity contribution is 6.30. The zero-order chi connectivity index (χ0) is 13.8. The van der Waals surface area contributed by atoms with Crippen LogP contribution < -0.4 is 10.1 Å². The van der Waals surface area contributed by atoms with Crippen molar-refractivity contribution in [2.24, 2.45) is 0 Å². The van der Waals surface area contributed by atoms with Crippen LogP contribution in [0.15, 0.2) is 24.3 Å². The van der Waals surface area contributed by atoms with E-state index in [1.54, 1.807) is 31.2 Å². The monoisotopic (exact) mass is 269 g/mol. The first kappa shape index (κ1) is 14.8. The zero-order valence-electron chi connectivity index (χ0n) is 11.3. The van der Waals surface area contributed by atoms with E-state index in [2.05, 4.69) is 5.32 Å². The largest absolute Gasteiger partial charge is 0.481 e. The third kappa shape index (κ3) is 4.57. The minimum atomic E-state index is -0.531. The van der Waals surface area contributed by atoms with Crippen molar-refractivity contribution >= 4 is 17.5 Å². The summed E-state index contributed by atoms with van der Waals surface area (Å²) in [6.07, 6.45) is 0.337. The molecule has 0 saturated carbocycles. The molecule has 0 aliphatic heterocycles. The van der Waals surface area contributed by atoms with Crippen LogP contribution in [0.5, 0.6) is 5.75 Å². The fourth-order valence-electron chi connectivity index (χ4n) is 1.29. The first-order valence-corrected chi connectivity index (χ1v) is 6.46. The molecule has 1 N–H and O–H groups in total. The Morgan fingerprint density at radius 1 is 1.39 bits per heavy atom. The molecule has 0 unspecified atom stereocenters. The maximum Gasteiger partial charge on any atom is 0.261 e. The van der Waals surface area contributed by atoms with E-state index >= 15 is 0 Å². The van der Waals surface area contributed by atoms with Gasteiger partial charge in [0.25, 0.3) is 5.91 Å². The Bertz CT molecular complexity index is 401. The average molecular weight is 270 g/mol. The summed E-state index contributed by atoms with van der Waals surface area (Å²) in [4.78, 5) is 11.9. The number of rotatable bonds is 5. The summed E-state index contributed by atoms with van der Waals surface area (Å²) >= 11 is 5.78. The molecule has 18 heavy (non-hydrogen) atoms. The Morgan fingerprint density at radius 2 is 1.94 bits per heavy atom. The average Bonchev–Trinajstić information content (AvgIpc) is 2.31. The Hall–Kier alpha value is -1.22. The van der Waals surface area contributed by atoms with E-state index in [0.29, 0.717) is 10.8 Å². The lowest BCUT2D eigenvalue weighted by Gasteiger charge is -2.26. The Labute approximate surface area is 113 Å². The molecule has 1 rings (SSSR count). The van der Waals surface area contributed by atoms with Gasteiger partial charge in [0.05, 0.1) is 0 Å². The molecule has 0 aliphatic carbocycles. The van der Waals surface area contributed by atoms with Crippen molar-refractivity contribution in [1.82, 2.24) is 5.32 Å². The summed E-state index contributed by atoms with van der Waals surface area (Å²) in [5, 5.41) is 3.59. The second-order valence-electron chi connectivity index (χ2n) is 4.94. The van der Waals surface area contributed by atoms with E-state index in [4.69, 9.17) is 16.3 Å². The summed E-state index contributed by atoms with van der Waals surface area (Å²) < 4.78 is 5.55. The van der Waals surface area contributed by atoms with Crippen LogP contribution in [-0.2, 0) is 4.79 Å². The van der Waals surface area contributed by atoms with Crippen LogP contribution in [0, 0.1) is 0 Å². The fraction of sp³-hybridized carbons (Fsp3) is 0.500. The molecule has 1 atom stereocenters. The first-order valence-electron chi connectivity index (χ1n) is 6.08. The van der Waals surface area contributed by atoms with Gasteiger partial charge >= 0.3 is 0 Å². The fourth-order valence-corrected chi connectivity index (χ4v) is 1.42. The highest BCUT2D eigenvalue weighted by atomic mass is 35.5. The number of hydrogen-bond donors (Lipinski definition) is 1. The molecule has 0 spiro atoms. The van der Waals surface area contributed by atoms with Crippen molar-refractivity contribution < 1.29 is 9.53 Å². The van der Waals surface area contributed by atoms with E-state index in [1.165, 1.54) is 0 Å². The zero-order valence-corrected chi connectivity index (χ0v) is 12.0. The molecule has 0 bridgehead atoms. The number of halogens is 1. The number of carbonyl (C=O) groups excluding carboxylic acids is 1. The maximum absolute atomic E-state index is 11.9. The summed E-state index contributed by atoms with van der Waals surface area (Å²) in [5.74, 6) is 0.521. The number of amides is 1. The number of hydrogen-bond acceptors (Lipinski definition) is 2. The van der Waals surface area contributed by atoms with E-state index in [0.717, 1.165) is 6.42 Å². The highest BCUT2D eigenvalue weighted by Crippen LogP contribution is 2.17. The number of ether oxygens (including phenoxy) is 1. The summed E-state index contributed by atoms with van der Waals surface area (Å²) in [5.41, 5.74) is -0.214. The van der Waals surface area contributed by atoms with Gasteiger partial charge in [0, 0.05) is 10.6 Å². The molecule has 0 heterocycles. The van der Waals surface area contributed by atoms with Gasteiger partial charge in [-0.1, -0.05) is 18.5 Å². The topological polar surface area (TPSA) is 38.3 Å². The molecule has 3 nitrogen and oxygen atoms in total. The van der Waals surface area contributed by atoms with Crippen LogP contribution in [0.25, 0.3) is 0 Å². The Kier molecular flexibility index (Phi) is 5.03. The van der Waals surface area contributed by atoms with Crippen LogP contribution in [0.2, 0.25) is 5.02 Å². The van der Waals surface area contributed by atoms with E-state index in [9.17, 15) is 4.79 Å². The SMILES string of the molecule is CCC(C)(C)NC(=O)[C@@H](C)Oc1ccc(Cl)cc1. The number of benzene rings is 1. The Balaban J connectivity index is 2.57. The van der Waals surface area contributed by atoms with Crippen molar-refractivity contribution in [2.75, 3.05) is 0 Å². The summed E-state index contributed by atoms with van der Waals surface area (Å²) in [6, 6.07) is 6.96. The Morgan fingerprint density at radius 3 is 2.44 bits per heavy atom. The van der Waals surface area contributed by atoms with Gasteiger partial charge in [0.15, 0.2) is 6.10 Å². The van der Waals surface area contributed by atoms with E-state index in [-0.39, 0.29) is 11.4 Å². The number of carbonyl (C=O) groups is 1. The van der Waals surface area contributed by atoms with E-state index < -0.39 is 6.10 Å². The van der Waals surface area contributed by atoms with Crippen molar-refractivity contribution in [1.29, 1.82) is 0 Å². The number of nitrogens with one attached hydrogen (secondary N) is 1. The van der Waals surface area contributed by atoms with Crippen LogP contribution in [0.4, 0.5) is 0 Å². The maximum atomic E-state index is 11.9. The molecular weight excluding hydrogens is 250 g/mol. The predicted octanol–water partition coefficient (Wildman–Crippen LogP) is 3.41. The van der Waals surface area contributed by atoms with Gasteiger partial charge in [0.2, 0.25) is 0 Å². The third-order valence-electron chi connectivity index (χ3n) is 2.84. The third-order valence-corrected chi connectivity index (χ3v) is 3.09. The lowest BCUT2D eigenvalue weighted by Crippen LogP contribution is -2.48. The molecule has 1 aromatic rings. The molecule has 0 saturated heterocycles. The highest BCUT2D eigenvalue weighted by Gasteiger charge is 2.22. The van der Waals surface area contributed by atoms with E-state index in [1.807, 2.05) is 20.8 Å². The van der Waals surface area contributed by atoms with Crippen LogP contribution >= 0.6 is 11.6 Å². The summed E-state index contributed by atoms with van der Waals surface area (Å²) in [6.45, 7) is 7.74. The second kappa shape index (κ2) is 6.10. The standard InChI is InChI=1S/C14H20ClNO2/c1-5-14(3,4)16-13(17)10(2)18-12-8-6-11(15)7-9-12/h6-10H,5H2,1-4H3,(H,16,17)/t10-/m1/s1. The normalized spacial score (nSPS) is 12.9. The molecule has 1 aromatic carbocycles. The first-order chi connectivity index (χ1) is 8.34. The smallest absolute Gasteiger partial charge is 0.261 e. The van der Waals surface area contributed by atoms with Gasteiger partial charge in [-0.05, 0) is 51.5 Å². The van der Waals surface area contributed by atoms with Gasteiger partial charge in [-0.3, -0.25) is 4.79 Å². The molecule has 1 amide bonds. The molecule has 0 radical (unpaired) electrons. The van der Waals surface area contributed by atoms with Gasteiger partial charge in [-0.15, -0.1) is 0 Å². The lowest BCUT2D eigenvalue weighted by atomic mass is 10.0. The van der Waals surface area contributed by atoms with Crippen molar-refractivity contribution in [3.63, 3.8) is 0 Å². The molecule has 0 aliphatic rings. The minimum absolute atomic E-state index is 0.114. The molecular formula is C14H20ClNO2. The van der Waals surface area contributed by atoms with Gasteiger partial charge in [-0.2, -0.15) is 0 Å². The van der Waals surface area contributed by atoms with Crippen molar-refractivity contribution in [2.45, 2.75) is 45.8 Å². The van der Waals surface area contributed by atoms with Gasteiger partial charge < -0.3 is 10.1 Å². The van der Waals surface area contributed by atoms with Crippen LogP contribution in [-0.4, -0.2) is 17.6 Å². The summed E-state index contributed by atoms with van der Waals surface area (Å²) in [7, 11) is 0. The quantitative estimate of drug-likeness (QED) is 0.890. The van der Waals surface area contributed by atoms with Gasteiger partial charge in [-0.25, -0.2) is 0 Å².